The quantitative estimate of drug-likeness (QED) is 0.510. The Morgan fingerprint density at radius 3 is 2.53 bits per heavy atom. The third-order valence-corrected chi connectivity index (χ3v) is 2.24. The molecule has 0 saturated carbocycles. The second-order valence-electron chi connectivity index (χ2n) is 3.94. The van der Waals surface area contributed by atoms with E-state index in [1.165, 1.54) is 7.11 Å². The lowest BCUT2D eigenvalue weighted by Gasteiger charge is -2.27. The lowest BCUT2D eigenvalue weighted by molar-refractivity contribution is -0.145. The zero-order chi connectivity index (χ0) is 11.9. The zero-order valence-corrected chi connectivity index (χ0v) is 10.0. The van der Waals surface area contributed by atoms with Gasteiger partial charge in [-0.2, -0.15) is 0 Å². The molecule has 0 aliphatic rings. The molecule has 0 heterocycles. The number of carbonyl (C=O) groups is 1. The standard InChI is InChI=1S/C11H21NO3/c1-6-7-12-9(10(13)14-4)8-11(2,3)15-5/h6,9,12H,1,7-8H2,2-5H3. The highest BCUT2D eigenvalue weighted by Crippen LogP contribution is 2.16. The van der Waals surface area contributed by atoms with Crippen molar-refractivity contribution in [3.8, 4) is 0 Å². The Bertz CT molecular complexity index is 214. The first-order valence-electron chi connectivity index (χ1n) is 4.94. The van der Waals surface area contributed by atoms with Gasteiger partial charge in [-0.25, -0.2) is 0 Å². The van der Waals surface area contributed by atoms with Crippen LogP contribution in [0.5, 0.6) is 0 Å². The van der Waals surface area contributed by atoms with Gasteiger partial charge in [-0.15, -0.1) is 6.58 Å². The molecule has 88 valence electrons. The first kappa shape index (κ1) is 14.1. The monoisotopic (exact) mass is 215 g/mol. The Labute approximate surface area is 91.6 Å². The minimum absolute atomic E-state index is 0.276. The van der Waals surface area contributed by atoms with Crippen LogP contribution in [0.2, 0.25) is 0 Å². The highest BCUT2D eigenvalue weighted by molar-refractivity contribution is 5.75. The van der Waals surface area contributed by atoms with Crippen molar-refractivity contribution in [1.82, 2.24) is 5.32 Å². The second kappa shape index (κ2) is 6.58. The molecule has 0 fully saturated rings. The molecule has 0 aliphatic carbocycles. The van der Waals surface area contributed by atoms with E-state index in [0.29, 0.717) is 13.0 Å². The molecule has 1 unspecified atom stereocenters. The molecule has 1 atom stereocenters. The fourth-order valence-corrected chi connectivity index (χ4v) is 1.18. The number of hydrogen-bond acceptors (Lipinski definition) is 4. The Morgan fingerprint density at radius 1 is 1.53 bits per heavy atom. The molecule has 0 aromatic carbocycles. The van der Waals surface area contributed by atoms with E-state index in [0.717, 1.165) is 0 Å². The molecule has 0 aromatic rings. The Morgan fingerprint density at radius 2 is 2.13 bits per heavy atom. The molecule has 0 aromatic heterocycles. The molecule has 0 spiro atoms. The minimum atomic E-state index is -0.358. The van der Waals surface area contributed by atoms with E-state index >= 15 is 0 Å². The number of esters is 1. The van der Waals surface area contributed by atoms with Crippen molar-refractivity contribution in [1.29, 1.82) is 0 Å². The zero-order valence-electron chi connectivity index (χ0n) is 10.0. The van der Waals surface area contributed by atoms with Crippen molar-refractivity contribution in [3.05, 3.63) is 12.7 Å². The SMILES string of the molecule is C=CCNC(CC(C)(C)OC)C(=O)OC. The summed E-state index contributed by atoms with van der Waals surface area (Å²) in [6.45, 7) is 8.02. The molecule has 0 rings (SSSR count). The molecular weight excluding hydrogens is 194 g/mol. The summed E-state index contributed by atoms with van der Waals surface area (Å²) in [4.78, 5) is 11.4. The van der Waals surface area contributed by atoms with Crippen LogP contribution >= 0.6 is 0 Å². The minimum Gasteiger partial charge on any atom is -0.468 e. The maximum Gasteiger partial charge on any atom is 0.322 e. The van der Waals surface area contributed by atoms with Gasteiger partial charge in [0, 0.05) is 20.1 Å². The van der Waals surface area contributed by atoms with Gasteiger partial charge in [0.2, 0.25) is 0 Å². The molecule has 4 nitrogen and oxygen atoms in total. The molecular formula is C11H21NO3. The average molecular weight is 215 g/mol. The summed E-state index contributed by atoms with van der Waals surface area (Å²) in [5.41, 5.74) is -0.354. The van der Waals surface area contributed by atoms with Gasteiger partial charge in [0.1, 0.15) is 6.04 Å². The maximum atomic E-state index is 11.4. The van der Waals surface area contributed by atoms with Crippen LogP contribution in [-0.2, 0) is 14.3 Å². The van der Waals surface area contributed by atoms with Gasteiger partial charge < -0.3 is 14.8 Å². The van der Waals surface area contributed by atoms with Crippen LogP contribution in [0, 0.1) is 0 Å². The smallest absolute Gasteiger partial charge is 0.322 e. The van der Waals surface area contributed by atoms with Crippen molar-refractivity contribution in [2.75, 3.05) is 20.8 Å². The van der Waals surface area contributed by atoms with Gasteiger partial charge in [-0.3, -0.25) is 4.79 Å². The maximum absolute atomic E-state index is 11.4. The summed E-state index contributed by atoms with van der Waals surface area (Å²) in [5, 5.41) is 3.04. The first-order valence-corrected chi connectivity index (χ1v) is 4.94. The molecule has 0 aliphatic heterocycles. The summed E-state index contributed by atoms with van der Waals surface area (Å²) < 4.78 is 9.98. The topological polar surface area (TPSA) is 47.6 Å². The molecule has 0 radical (unpaired) electrons. The normalized spacial score (nSPS) is 13.3. The number of carbonyl (C=O) groups excluding carboxylic acids is 1. The van der Waals surface area contributed by atoms with E-state index in [9.17, 15) is 4.79 Å². The molecule has 4 heteroatoms. The molecule has 0 amide bonds. The van der Waals surface area contributed by atoms with Crippen molar-refractivity contribution >= 4 is 5.97 Å². The van der Waals surface area contributed by atoms with Crippen LogP contribution in [0.25, 0.3) is 0 Å². The van der Waals surface area contributed by atoms with E-state index in [1.54, 1.807) is 13.2 Å². The van der Waals surface area contributed by atoms with E-state index in [2.05, 4.69) is 11.9 Å². The second-order valence-corrected chi connectivity index (χ2v) is 3.94. The van der Waals surface area contributed by atoms with Crippen molar-refractivity contribution in [2.45, 2.75) is 31.9 Å². The molecule has 0 saturated heterocycles. The third-order valence-electron chi connectivity index (χ3n) is 2.24. The summed E-state index contributed by atoms with van der Waals surface area (Å²) >= 11 is 0. The lowest BCUT2D eigenvalue weighted by atomic mass is 9.99. The van der Waals surface area contributed by atoms with Crippen LogP contribution in [-0.4, -0.2) is 38.4 Å². The van der Waals surface area contributed by atoms with Gasteiger partial charge in [0.25, 0.3) is 0 Å². The number of nitrogens with one attached hydrogen (secondary N) is 1. The summed E-state index contributed by atoms with van der Waals surface area (Å²) in [7, 11) is 3.01. The summed E-state index contributed by atoms with van der Waals surface area (Å²) in [5.74, 6) is -0.276. The predicted octanol–water partition coefficient (Wildman–Crippen LogP) is 1.12. The van der Waals surface area contributed by atoms with E-state index in [1.807, 2.05) is 13.8 Å². The van der Waals surface area contributed by atoms with Crippen LogP contribution in [0.1, 0.15) is 20.3 Å². The van der Waals surface area contributed by atoms with Crippen LogP contribution in [0.15, 0.2) is 12.7 Å². The fraction of sp³-hybridized carbons (Fsp3) is 0.727. The third kappa shape index (κ3) is 5.54. The average Bonchev–Trinajstić information content (AvgIpc) is 2.23. The summed E-state index contributed by atoms with van der Waals surface area (Å²) in [6, 6.07) is -0.358. The van der Waals surface area contributed by atoms with E-state index in [-0.39, 0.29) is 17.6 Å². The lowest BCUT2D eigenvalue weighted by Crippen LogP contribution is -2.43. The van der Waals surface area contributed by atoms with Crippen molar-refractivity contribution < 1.29 is 14.3 Å². The van der Waals surface area contributed by atoms with Gasteiger partial charge in [-0.1, -0.05) is 6.08 Å². The number of hydrogen-bond donors (Lipinski definition) is 1. The number of rotatable bonds is 7. The Balaban J connectivity index is 4.36. The predicted molar refractivity (Wildman–Crippen MR) is 59.7 cm³/mol. The molecule has 15 heavy (non-hydrogen) atoms. The van der Waals surface area contributed by atoms with Gasteiger partial charge in [-0.05, 0) is 13.8 Å². The Kier molecular flexibility index (Phi) is 6.20. The van der Waals surface area contributed by atoms with Crippen molar-refractivity contribution in [2.24, 2.45) is 0 Å². The molecule has 1 N–H and O–H groups in total. The van der Waals surface area contributed by atoms with Gasteiger partial charge in [0.05, 0.1) is 12.7 Å². The van der Waals surface area contributed by atoms with E-state index in [4.69, 9.17) is 9.47 Å². The Hall–Kier alpha value is -0.870. The largest absolute Gasteiger partial charge is 0.468 e. The number of ether oxygens (including phenoxy) is 2. The number of methoxy groups -OCH3 is 2. The molecule has 0 bridgehead atoms. The van der Waals surface area contributed by atoms with Crippen LogP contribution < -0.4 is 5.32 Å². The fourth-order valence-electron chi connectivity index (χ4n) is 1.18. The highest BCUT2D eigenvalue weighted by Gasteiger charge is 2.27. The summed E-state index contributed by atoms with van der Waals surface area (Å²) in [6.07, 6.45) is 2.26. The van der Waals surface area contributed by atoms with Gasteiger partial charge in [0.15, 0.2) is 0 Å². The van der Waals surface area contributed by atoms with E-state index < -0.39 is 0 Å². The van der Waals surface area contributed by atoms with Crippen molar-refractivity contribution in [3.63, 3.8) is 0 Å². The van der Waals surface area contributed by atoms with Crippen LogP contribution in [0.3, 0.4) is 0 Å². The first-order chi connectivity index (χ1) is 6.96. The van der Waals surface area contributed by atoms with Crippen LogP contribution in [0.4, 0.5) is 0 Å². The highest BCUT2D eigenvalue weighted by atomic mass is 16.5. The van der Waals surface area contributed by atoms with Gasteiger partial charge >= 0.3 is 5.97 Å².